The number of hydrogen-bond donors (Lipinski definition) is 0. The van der Waals surface area contributed by atoms with Crippen LogP contribution < -0.4 is 18.9 Å². The molecule has 0 aliphatic carbocycles. The highest BCUT2D eigenvalue weighted by Crippen LogP contribution is 2.54. The third-order valence-corrected chi connectivity index (χ3v) is 11.1. The highest BCUT2D eigenvalue weighted by molar-refractivity contribution is 7.17. The van der Waals surface area contributed by atoms with Crippen LogP contribution in [0.3, 0.4) is 0 Å². The molecule has 0 radical (unpaired) electrons. The van der Waals surface area contributed by atoms with Crippen molar-refractivity contribution < 1.29 is 18.9 Å². The fourth-order valence-electron chi connectivity index (χ4n) is 5.22. The van der Waals surface area contributed by atoms with Crippen molar-refractivity contribution in [2.45, 2.75) is 39.5 Å². The maximum atomic E-state index is 5.89. The number of hydrogen-bond acceptors (Lipinski definition) is 12. The van der Waals surface area contributed by atoms with Gasteiger partial charge in [0.15, 0.2) is 23.0 Å². The maximum absolute atomic E-state index is 5.89. The lowest BCUT2D eigenvalue weighted by Gasteiger charge is -2.18. The predicted octanol–water partition coefficient (Wildman–Crippen LogP) is 8.71. The zero-order valence-corrected chi connectivity index (χ0v) is 27.8. The van der Waals surface area contributed by atoms with Gasteiger partial charge in [-0.2, -0.15) is 17.5 Å². The zero-order valence-electron chi connectivity index (χ0n) is 24.6. The van der Waals surface area contributed by atoms with Crippen LogP contribution in [-0.2, 0) is 11.8 Å². The number of fused-ring (bicyclic) bond motifs is 2. The molecule has 0 aliphatic heterocycles. The van der Waals surface area contributed by atoms with Gasteiger partial charge in [0.25, 0.3) is 0 Å². The van der Waals surface area contributed by atoms with Gasteiger partial charge in [0.2, 0.25) is 0 Å². The summed E-state index contributed by atoms with van der Waals surface area (Å²) >= 11 is 5.74. The third-order valence-electron chi connectivity index (χ3n) is 7.14. The average molecular weight is 639 g/mol. The first-order valence-electron chi connectivity index (χ1n) is 13.3. The van der Waals surface area contributed by atoms with Crippen molar-refractivity contribution in [2.75, 3.05) is 28.4 Å². The Labute approximate surface area is 260 Å². The van der Waals surface area contributed by atoms with Crippen LogP contribution in [0.5, 0.6) is 23.0 Å². The second-order valence-electron chi connectivity index (χ2n) is 10.6. The highest BCUT2D eigenvalue weighted by Gasteiger charge is 2.31. The molecule has 6 rings (SSSR count). The molecule has 42 heavy (non-hydrogen) atoms. The smallest absolute Gasteiger partial charge is 0.179 e. The van der Waals surface area contributed by atoms with Gasteiger partial charge in [-0.05, 0) is 6.42 Å². The summed E-state index contributed by atoms with van der Waals surface area (Å²) in [6.45, 7) is 8.64. The average Bonchev–Trinajstić information content (AvgIpc) is 3.78. The standard InChI is InChI=1S/C30H30N4O4S4/c1-9-18-23(35-5)24(36-6)27(39-18)16-12-10-14(19-21(16)33-41-31-19)15-11-13-17(22-20(15)32-42-34-22)28-25(37-7)26(38-8)29(40-28)30(2,3)4/h10-13H,9H2,1-8H3. The van der Waals surface area contributed by atoms with E-state index >= 15 is 0 Å². The zero-order chi connectivity index (χ0) is 29.8. The van der Waals surface area contributed by atoms with Gasteiger partial charge in [0, 0.05) is 27.7 Å². The Balaban J connectivity index is 1.53. The van der Waals surface area contributed by atoms with Crippen LogP contribution in [0.25, 0.3) is 54.1 Å². The summed E-state index contributed by atoms with van der Waals surface area (Å²) in [5.41, 5.74) is 7.00. The molecule has 4 heterocycles. The Morgan fingerprint density at radius 2 is 0.976 bits per heavy atom. The van der Waals surface area contributed by atoms with Crippen LogP contribution in [-0.4, -0.2) is 45.9 Å². The number of aryl methyl sites for hydroxylation is 1. The van der Waals surface area contributed by atoms with E-state index in [0.29, 0.717) is 0 Å². The van der Waals surface area contributed by atoms with Gasteiger partial charge in [0.1, 0.15) is 22.1 Å². The number of methoxy groups -OCH3 is 4. The molecule has 4 aromatic heterocycles. The SMILES string of the molecule is CCc1sc(-c2ccc(-c3ccc(-c4sc(C(C)(C)C)c(OC)c4OC)c4nsnc34)c3nsnc23)c(OC)c1OC. The summed E-state index contributed by atoms with van der Waals surface area (Å²) in [5, 5.41) is 0. The molecule has 0 amide bonds. The second-order valence-corrected chi connectivity index (χ2v) is 13.8. The topological polar surface area (TPSA) is 88.5 Å². The van der Waals surface area contributed by atoms with E-state index in [1.165, 1.54) is 23.5 Å². The van der Waals surface area contributed by atoms with E-state index in [2.05, 4.69) is 52.0 Å². The van der Waals surface area contributed by atoms with E-state index in [0.717, 1.165) is 93.2 Å². The molecule has 0 saturated heterocycles. The van der Waals surface area contributed by atoms with Crippen LogP contribution in [0.1, 0.15) is 37.4 Å². The molecule has 0 fully saturated rings. The Kier molecular flexibility index (Phi) is 7.58. The number of rotatable bonds is 8. The minimum Gasteiger partial charge on any atom is -0.492 e. The molecule has 218 valence electrons. The van der Waals surface area contributed by atoms with E-state index < -0.39 is 0 Å². The Hall–Kier alpha value is -3.32. The normalized spacial score (nSPS) is 11.9. The van der Waals surface area contributed by atoms with Crippen molar-refractivity contribution in [1.82, 2.24) is 17.5 Å². The second kappa shape index (κ2) is 11.1. The van der Waals surface area contributed by atoms with Gasteiger partial charge in [-0.15, -0.1) is 22.7 Å². The number of nitrogens with zero attached hydrogens (tertiary/aromatic N) is 4. The molecule has 0 atom stereocenters. The van der Waals surface area contributed by atoms with Crippen LogP contribution in [0, 0.1) is 0 Å². The van der Waals surface area contributed by atoms with E-state index in [1.54, 1.807) is 51.1 Å². The summed E-state index contributed by atoms with van der Waals surface area (Å²) in [7, 11) is 6.72. The minimum absolute atomic E-state index is 0.112. The molecule has 6 aromatic rings. The molecular formula is C30H30N4O4S4. The molecule has 0 aliphatic rings. The molecule has 2 aromatic carbocycles. The number of aromatic nitrogens is 4. The Morgan fingerprint density at radius 1 is 0.571 bits per heavy atom. The summed E-state index contributed by atoms with van der Waals surface area (Å²) in [5.74, 6) is 2.99. The van der Waals surface area contributed by atoms with Crippen LogP contribution in [0.2, 0.25) is 0 Å². The first kappa shape index (κ1) is 28.8. The summed E-state index contributed by atoms with van der Waals surface area (Å²) in [4.78, 5) is 4.21. The van der Waals surface area contributed by atoms with Gasteiger partial charge in [0.05, 0.1) is 71.4 Å². The van der Waals surface area contributed by atoms with Crippen LogP contribution in [0.4, 0.5) is 0 Å². The van der Waals surface area contributed by atoms with Crippen molar-refractivity contribution in [1.29, 1.82) is 0 Å². The molecule has 12 heteroatoms. The molecule has 0 bridgehead atoms. The number of ether oxygens (including phenoxy) is 4. The van der Waals surface area contributed by atoms with Gasteiger partial charge in [-0.3, -0.25) is 0 Å². The maximum Gasteiger partial charge on any atom is 0.179 e. The summed E-state index contributed by atoms with van der Waals surface area (Å²) in [6, 6.07) is 8.38. The van der Waals surface area contributed by atoms with Gasteiger partial charge < -0.3 is 18.9 Å². The summed E-state index contributed by atoms with van der Waals surface area (Å²) in [6.07, 6.45) is 0.847. The first-order valence-corrected chi connectivity index (χ1v) is 16.4. The van der Waals surface area contributed by atoms with Gasteiger partial charge in [-0.25, -0.2) is 0 Å². The largest absolute Gasteiger partial charge is 0.492 e. The third kappa shape index (κ3) is 4.43. The van der Waals surface area contributed by atoms with E-state index in [-0.39, 0.29) is 5.41 Å². The van der Waals surface area contributed by atoms with Crippen molar-refractivity contribution in [3.05, 3.63) is 34.0 Å². The fraction of sp³-hybridized carbons (Fsp3) is 0.333. The molecule has 0 unspecified atom stereocenters. The number of benzene rings is 2. The predicted molar refractivity (Wildman–Crippen MR) is 175 cm³/mol. The highest BCUT2D eigenvalue weighted by atomic mass is 32.1. The van der Waals surface area contributed by atoms with Crippen LogP contribution >= 0.6 is 46.1 Å². The van der Waals surface area contributed by atoms with Gasteiger partial charge >= 0.3 is 0 Å². The van der Waals surface area contributed by atoms with E-state index in [9.17, 15) is 0 Å². The monoisotopic (exact) mass is 638 g/mol. The first-order chi connectivity index (χ1) is 20.3. The quantitative estimate of drug-likeness (QED) is 0.164. The summed E-state index contributed by atoms with van der Waals surface area (Å²) < 4.78 is 42.2. The van der Waals surface area contributed by atoms with Crippen molar-refractivity contribution >= 4 is 68.2 Å². The number of thiophene rings is 2. The molecule has 8 nitrogen and oxygen atoms in total. The molecule has 0 N–H and O–H groups in total. The fourth-order valence-corrected chi connectivity index (χ4v) is 8.90. The van der Waals surface area contributed by atoms with Crippen molar-refractivity contribution in [3.63, 3.8) is 0 Å². The Morgan fingerprint density at radius 3 is 1.40 bits per heavy atom. The van der Waals surface area contributed by atoms with Crippen LogP contribution in [0.15, 0.2) is 24.3 Å². The Bertz CT molecular complexity index is 1930. The van der Waals surface area contributed by atoms with E-state index in [1.807, 2.05) is 0 Å². The van der Waals surface area contributed by atoms with Crippen molar-refractivity contribution in [2.24, 2.45) is 0 Å². The van der Waals surface area contributed by atoms with Gasteiger partial charge in [-0.1, -0.05) is 52.0 Å². The lowest BCUT2D eigenvalue weighted by Crippen LogP contribution is -2.10. The lowest BCUT2D eigenvalue weighted by atomic mass is 9.93. The minimum atomic E-state index is -0.112. The molecule has 0 spiro atoms. The van der Waals surface area contributed by atoms with E-state index in [4.69, 9.17) is 36.4 Å². The lowest BCUT2D eigenvalue weighted by molar-refractivity contribution is 0.351. The van der Waals surface area contributed by atoms with Crippen molar-refractivity contribution in [3.8, 4) is 55.0 Å². The molecule has 0 saturated carbocycles. The molecular weight excluding hydrogens is 609 g/mol.